The molecule has 1 aromatic heterocycles. The predicted molar refractivity (Wildman–Crippen MR) is 45.7 cm³/mol. The molecule has 1 heterocycles. The fourth-order valence-electron chi connectivity index (χ4n) is 0.844. The maximum atomic E-state index is 10.5. The molecule has 0 saturated heterocycles. The van der Waals surface area contributed by atoms with Gasteiger partial charge in [-0.2, -0.15) is 0 Å². The number of aliphatic hydroxyl groups excluding tert-OH is 1. The lowest BCUT2D eigenvalue weighted by Gasteiger charge is -1.95. The fourth-order valence-corrected chi connectivity index (χ4v) is 0.844. The molecule has 62 valence electrons. The summed E-state index contributed by atoms with van der Waals surface area (Å²) in [4.78, 5) is 14.3. The average Bonchev–Trinajstić information content (AvgIpc) is 2.15. The topological polar surface area (TPSA) is 50.2 Å². The van der Waals surface area contributed by atoms with Crippen LogP contribution in [0.1, 0.15) is 15.9 Å². The third kappa shape index (κ3) is 2.00. The summed E-state index contributed by atoms with van der Waals surface area (Å²) in [5.74, 6) is 0. The van der Waals surface area contributed by atoms with Crippen LogP contribution in [0.25, 0.3) is 6.08 Å². The molecular weight excluding hydrogens is 154 g/mol. The predicted octanol–water partition coefficient (Wildman–Crippen LogP) is 0.900. The Balaban J connectivity index is 2.96. The zero-order valence-electron chi connectivity index (χ0n) is 6.47. The number of rotatable bonds is 3. The van der Waals surface area contributed by atoms with Crippen LogP contribution in [0.2, 0.25) is 0 Å². The molecule has 0 saturated carbocycles. The first-order valence-electron chi connectivity index (χ1n) is 3.55. The second-order valence-electron chi connectivity index (χ2n) is 2.21. The first kappa shape index (κ1) is 8.62. The van der Waals surface area contributed by atoms with Crippen molar-refractivity contribution in [3.05, 3.63) is 35.7 Å². The molecule has 0 aliphatic carbocycles. The summed E-state index contributed by atoms with van der Waals surface area (Å²) in [6, 6.07) is 1.63. The summed E-state index contributed by atoms with van der Waals surface area (Å²) >= 11 is 0. The van der Waals surface area contributed by atoms with E-state index in [-0.39, 0.29) is 6.61 Å². The van der Waals surface area contributed by atoms with Crippen molar-refractivity contribution >= 4 is 12.4 Å². The lowest BCUT2D eigenvalue weighted by atomic mass is 10.1. The van der Waals surface area contributed by atoms with Crippen molar-refractivity contribution < 1.29 is 9.90 Å². The van der Waals surface area contributed by atoms with Gasteiger partial charge in [-0.05, 0) is 6.07 Å². The summed E-state index contributed by atoms with van der Waals surface area (Å²) in [5.41, 5.74) is 1.30. The third-order valence-electron chi connectivity index (χ3n) is 1.42. The van der Waals surface area contributed by atoms with E-state index in [0.29, 0.717) is 5.56 Å². The molecule has 1 aromatic rings. The molecule has 12 heavy (non-hydrogen) atoms. The molecule has 0 aliphatic heterocycles. The Hall–Kier alpha value is -1.48. The summed E-state index contributed by atoms with van der Waals surface area (Å²) in [6.45, 7) is -0.0345. The number of nitrogens with zero attached hydrogens (tertiary/aromatic N) is 1. The molecule has 0 fully saturated rings. The van der Waals surface area contributed by atoms with Crippen LogP contribution >= 0.6 is 0 Å². The Labute approximate surface area is 70.4 Å². The van der Waals surface area contributed by atoms with Crippen LogP contribution in [0.3, 0.4) is 0 Å². The van der Waals surface area contributed by atoms with E-state index in [1.54, 1.807) is 30.6 Å². The van der Waals surface area contributed by atoms with E-state index in [1.807, 2.05) is 0 Å². The molecule has 1 rings (SSSR count). The van der Waals surface area contributed by atoms with Gasteiger partial charge in [0.15, 0.2) is 6.29 Å². The van der Waals surface area contributed by atoms with Crippen molar-refractivity contribution in [3.63, 3.8) is 0 Å². The van der Waals surface area contributed by atoms with Crippen molar-refractivity contribution in [2.45, 2.75) is 0 Å². The van der Waals surface area contributed by atoms with Gasteiger partial charge in [0.05, 0.1) is 6.61 Å². The standard InChI is InChI=1S/C9H9NO2/c11-5-1-2-8-6-10-4-3-9(8)7-12/h1-4,6-7,11H,5H2. The van der Waals surface area contributed by atoms with Gasteiger partial charge in [0, 0.05) is 23.5 Å². The highest BCUT2D eigenvalue weighted by Crippen LogP contribution is 2.05. The van der Waals surface area contributed by atoms with E-state index >= 15 is 0 Å². The van der Waals surface area contributed by atoms with Crippen LogP contribution in [0.5, 0.6) is 0 Å². The van der Waals surface area contributed by atoms with Crippen LogP contribution in [0, 0.1) is 0 Å². The Morgan fingerprint density at radius 2 is 2.33 bits per heavy atom. The second-order valence-corrected chi connectivity index (χ2v) is 2.21. The van der Waals surface area contributed by atoms with Gasteiger partial charge in [-0.25, -0.2) is 0 Å². The summed E-state index contributed by atoms with van der Waals surface area (Å²) in [6.07, 6.45) is 7.12. The number of hydrogen-bond donors (Lipinski definition) is 1. The number of carbonyl (C=O) groups is 1. The minimum atomic E-state index is -0.0345. The van der Waals surface area contributed by atoms with Crippen molar-refractivity contribution in [1.82, 2.24) is 4.98 Å². The first-order valence-corrected chi connectivity index (χ1v) is 3.55. The molecule has 1 N–H and O–H groups in total. The molecular formula is C9H9NO2. The van der Waals surface area contributed by atoms with E-state index in [2.05, 4.69) is 4.98 Å². The van der Waals surface area contributed by atoms with Gasteiger partial charge in [0.1, 0.15) is 0 Å². The van der Waals surface area contributed by atoms with Gasteiger partial charge >= 0.3 is 0 Å². The third-order valence-corrected chi connectivity index (χ3v) is 1.42. The molecule has 0 amide bonds. The zero-order valence-corrected chi connectivity index (χ0v) is 6.47. The first-order chi connectivity index (χ1) is 5.88. The van der Waals surface area contributed by atoms with E-state index in [1.165, 1.54) is 0 Å². The molecule has 0 unspecified atom stereocenters. The maximum absolute atomic E-state index is 10.5. The van der Waals surface area contributed by atoms with Crippen LogP contribution in [-0.2, 0) is 0 Å². The number of carbonyl (C=O) groups excluding carboxylic acids is 1. The van der Waals surface area contributed by atoms with Gasteiger partial charge in [-0.3, -0.25) is 9.78 Å². The highest BCUT2D eigenvalue weighted by molar-refractivity contribution is 5.81. The Morgan fingerprint density at radius 3 is 3.00 bits per heavy atom. The quantitative estimate of drug-likeness (QED) is 0.673. The van der Waals surface area contributed by atoms with Crippen molar-refractivity contribution in [2.24, 2.45) is 0 Å². The second kappa shape index (κ2) is 4.41. The molecule has 0 bridgehead atoms. The van der Waals surface area contributed by atoms with E-state index < -0.39 is 0 Å². The van der Waals surface area contributed by atoms with Gasteiger partial charge in [-0.1, -0.05) is 12.2 Å². The number of aldehydes is 1. The maximum Gasteiger partial charge on any atom is 0.150 e. The van der Waals surface area contributed by atoms with Gasteiger partial charge < -0.3 is 5.11 Å². The van der Waals surface area contributed by atoms with E-state index in [4.69, 9.17) is 5.11 Å². The molecule has 0 radical (unpaired) electrons. The Morgan fingerprint density at radius 1 is 1.50 bits per heavy atom. The van der Waals surface area contributed by atoms with Crippen LogP contribution < -0.4 is 0 Å². The largest absolute Gasteiger partial charge is 0.392 e. The van der Waals surface area contributed by atoms with Gasteiger partial charge in [-0.15, -0.1) is 0 Å². The monoisotopic (exact) mass is 163 g/mol. The number of hydrogen-bond acceptors (Lipinski definition) is 3. The minimum Gasteiger partial charge on any atom is -0.392 e. The van der Waals surface area contributed by atoms with Crippen molar-refractivity contribution in [1.29, 1.82) is 0 Å². The van der Waals surface area contributed by atoms with Gasteiger partial charge in [0.2, 0.25) is 0 Å². The van der Waals surface area contributed by atoms with E-state index in [0.717, 1.165) is 11.8 Å². The SMILES string of the molecule is O=Cc1ccncc1C=CCO. The molecule has 0 aliphatic rings. The van der Waals surface area contributed by atoms with Crippen molar-refractivity contribution in [2.75, 3.05) is 6.61 Å². The Bertz CT molecular complexity index is 294. The van der Waals surface area contributed by atoms with Crippen LogP contribution in [0.15, 0.2) is 24.5 Å². The summed E-state index contributed by atoms with van der Waals surface area (Å²) in [5, 5.41) is 8.50. The van der Waals surface area contributed by atoms with Gasteiger partial charge in [0.25, 0.3) is 0 Å². The average molecular weight is 163 g/mol. The highest BCUT2D eigenvalue weighted by Gasteiger charge is 1.94. The molecule has 0 aromatic carbocycles. The van der Waals surface area contributed by atoms with Crippen LogP contribution in [0.4, 0.5) is 0 Å². The minimum absolute atomic E-state index is 0.0345. The number of aliphatic hydroxyl groups is 1. The Kier molecular flexibility index (Phi) is 3.17. The smallest absolute Gasteiger partial charge is 0.150 e. The number of aromatic nitrogens is 1. The lowest BCUT2D eigenvalue weighted by molar-refractivity contribution is 0.112. The molecule has 0 spiro atoms. The van der Waals surface area contributed by atoms with E-state index in [9.17, 15) is 4.79 Å². The molecule has 3 heteroatoms. The zero-order chi connectivity index (χ0) is 8.81. The normalized spacial score (nSPS) is 10.4. The molecule has 3 nitrogen and oxygen atoms in total. The number of pyridine rings is 1. The lowest BCUT2D eigenvalue weighted by Crippen LogP contribution is -1.86. The van der Waals surface area contributed by atoms with Crippen molar-refractivity contribution in [3.8, 4) is 0 Å². The summed E-state index contributed by atoms with van der Waals surface area (Å²) < 4.78 is 0. The summed E-state index contributed by atoms with van der Waals surface area (Å²) in [7, 11) is 0. The highest BCUT2D eigenvalue weighted by atomic mass is 16.2. The van der Waals surface area contributed by atoms with Crippen LogP contribution in [-0.4, -0.2) is 23.0 Å². The molecule has 0 atom stereocenters. The fraction of sp³-hybridized carbons (Fsp3) is 0.111.